The Hall–Kier alpha value is -1.00. The van der Waals surface area contributed by atoms with Gasteiger partial charge in [0.15, 0.2) is 0 Å². The van der Waals surface area contributed by atoms with E-state index in [2.05, 4.69) is 35.1 Å². The van der Waals surface area contributed by atoms with Crippen molar-refractivity contribution >= 4 is 17.3 Å². The minimum atomic E-state index is 0.526. The van der Waals surface area contributed by atoms with Gasteiger partial charge in [-0.15, -0.1) is 0 Å². The van der Waals surface area contributed by atoms with Crippen LogP contribution in [0.5, 0.6) is 0 Å². The molecule has 1 aromatic heterocycles. The summed E-state index contributed by atoms with van der Waals surface area (Å²) < 4.78 is 2.05. The monoisotopic (exact) mass is 282 g/mol. The molecule has 0 bridgehead atoms. The first-order valence-corrected chi connectivity index (χ1v) is 7.15. The van der Waals surface area contributed by atoms with Crippen LogP contribution in [0.3, 0.4) is 0 Å². The van der Waals surface area contributed by atoms with Gasteiger partial charge in [0.05, 0.1) is 16.4 Å². The molecule has 0 saturated heterocycles. The Morgan fingerprint density at radius 3 is 2.63 bits per heavy atom. The first-order chi connectivity index (χ1) is 8.91. The lowest BCUT2D eigenvalue weighted by Gasteiger charge is -2.24. The molecule has 0 amide bonds. The Bertz CT molecular complexity index is 476. The van der Waals surface area contributed by atoms with Crippen LogP contribution in [0.2, 0.25) is 5.02 Å². The number of halogens is 1. The van der Waals surface area contributed by atoms with E-state index in [1.54, 1.807) is 0 Å². The highest BCUT2D eigenvalue weighted by Crippen LogP contribution is 2.29. The van der Waals surface area contributed by atoms with E-state index in [-0.39, 0.29) is 0 Å². The van der Waals surface area contributed by atoms with Crippen LogP contribution in [-0.4, -0.2) is 46.3 Å². The van der Waals surface area contributed by atoms with Gasteiger partial charge in [0, 0.05) is 39.8 Å². The second-order valence-electron chi connectivity index (χ2n) is 5.59. The molecule has 5 heteroatoms. The summed E-state index contributed by atoms with van der Waals surface area (Å²) in [4.78, 5) is 4.39. The lowest BCUT2D eigenvalue weighted by molar-refractivity contribution is 0.216. The van der Waals surface area contributed by atoms with Crippen molar-refractivity contribution in [2.75, 3.05) is 20.6 Å². The fraction of sp³-hybridized carbons (Fsp3) is 0.643. The number of hydrogen-bond acceptors (Lipinski definition) is 3. The molecule has 1 aromatic rings. The summed E-state index contributed by atoms with van der Waals surface area (Å²) in [7, 11) is 3.92. The summed E-state index contributed by atoms with van der Waals surface area (Å²) in [6, 6.07) is 0.526. The molecule has 0 spiro atoms. The number of aryl methyl sites for hydroxylation is 1. The van der Waals surface area contributed by atoms with Gasteiger partial charge >= 0.3 is 0 Å². The van der Waals surface area contributed by atoms with Gasteiger partial charge < -0.3 is 4.90 Å². The summed E-state index contributed by atoms with van der Waals surface area (Å²) in [6.07, 6.45) is 1.11. The van der Waals surface area contributed by atoms with Crippen LogP contribution in [0.1, 0.15) is 31.7 Å². The van der Waals surface area contributed by atoms with E-state index in [1.165, 1.54) is 0 Å². The van der Waals surface area contributed by atoms with Crippen LogP contribution in [0.4, 0.5) is 0 Å². The molecule has 0 saturated carbocycles. The third-order valence-corrected chi connectivity index (χ3v) is 4.10. The average Bonchev–Trinajstić information content (AvgIpc) is 2.54. The lowest BCUT2D eigenvalue weighted by Crippen LogP contribution is -2.30. The van der Waals surface area contributed by atoms with Crippen molar-refractivity contribution in [3.05, 3.63) is 23.0 Å². The summed E-state index contributed by atoms with van der Waals surface area (Å²) >= 11 is 6.53. The zero-order valence-corrected chi connectivity index (χ0v) is 13.0. The number of rotatable bonds is 3. The SMILES string of the molecule is C=C(c1nn2c(c1Cl)CN(C(C)C)CCC2)N(C)C. The summed E-state index contributed by atoms with van der Waals surface area (Å²) in [6.45, 7) is 11.4. The van der Waals surface area contributed by atoms with Gasteiger partial charge in [0.25, 0.3) is 0 Å². The smallest absolute Gasteiger partial charge is 0.127 e. The van der Waals surface area contributed by atoms with E-state index in [1.807, 2.05) is 19.0 Å². The van der Waals surface area contributed by atoms with Gasteiger partial charge in [-0.1, -0.05) is 18.2 Å². The minimum absolute atomic E-state index is 0.526. The Morgan fingerprint density at radius 1 is 1.37 bits per heavy atom. The van der Waals surface area contributed by atoms with Crippen molar-refractivity contribution in [1.82, 2.24) is 19.6 Å². The van der Waals surface area contributed by atoms with Crippen molar-refractivity contribution in [3.63, 3.8) is 0 Å². The van der Waals surface area contributed by atoms with Crippen molar-refractivity contribution in [1.29, 1.82) is 0 Å². The van der Waals surface area contributed by atoms with Crippen LogP contribution in [0.25, 0.3) is 5.70 Å². The normalized spacial score (nSPS) is 16.3. The van der Waals surface area contributed by atoms with Crippen LogP contribution in [0, 0.1) is 0 Å². The summed E-state index contributed by atoms with van der Waals surface area (Å²) in [5, 5.41) is 5.40. The molecule has 0 radical (unpaired) electrons. The van der Waals surface area contributed by atoms with E-state index in [4.69, 9.17) is 11.6 Å². The molecule has 0 N–H and O–H groups in total. The quantitative estimate of drug-likeness (QED) is 0.852. The van der Waals surface area contributed by atoms with E-state index >= 15 is 0 Å². The number of hydrogen-bond donors (Lipinski definition) is 0. The van der Waals surface area contributed by atoms with Gasteiger partial charge in [-0.05, 0) is 20.3 Å². The molecular weight excluding hydrogens is 260 g/mol. The third kappa shape index (κ3) is 2.79. The van der Waals surface area contributed by atoms with Crippen LogP contribution in [-0.2, 0) is 13.1 Å². The first kappa shape index (κ1) is 14.4. The van der Waals surface area contributed by atoms with Crippen molar-refractivity contribution in [2.45, 2.75) is 39.4 Å². The second-order valence-corrected chi connectivity index (χ2v) is 5.97. The first-order valence-electron chi connectivity index (χ1n) is 6.77. The van der Waals surface area contributed by atoms with Gasteiger partial charge in [-0.25, -0.2) is 0 Å². The molecule has 4 nitrogen and oxygen atoms in total. The molecule has 0 atom stereocenters. The van der Waals surface area contributed by atoms with Gasteiger partial charge in [-0.2, -0.15) is 5.10 Å². The average molecular weight is 283 g/mol. The second kappa shape index (κ2) is 5.55. The zero-order valence-electron chi connectivity index (χ0n) is 12.3. The van der Waals surface area contributed by atoms with E-state index < -0.39 is 0 Å². The standard InChI is InChI=1S/C14H23ClN4/c1-10(2)18-7-6-8-19-12(9-18)13(15)14(16-19)11(3)17(4)5/h10H,3,6-9H2,1-2,4-5H3. The Balaban J connectivity index is 2.36. The number of aromatic nitrogens is 2. The van der Waals surface area contributed by atoms with Gasteiger partial charge in [-0.3, -0.25) is 9.58 Å². The number of fused-ring (bicyclic) bond motifs is 1. The Labute approximate surface area is 120 Å². The minimum Gasteiger partial charge on any atom is -0.376 e. The Morgan fingerprint density at radius 2 is 2.05 bits per heavy atom. The van der Waals surface area contributed by atoms with E-state index in [0.717, 1.165) is 48.2 Å². The van der Waals surface area contributed by atoms with Crippen molar-refractivity contribution in [2.24, 2.45) is 0 Å². The molecule has 106 valence electrons. The Kier molecular flexibility index (Phi) is 4.21. The molecule has 0 unspecified atom stereocenters. The fourth-order valence-corrected chi connectivity index (χ4v) is 2.65. The van der Waals surface area contributed by atoms with Crippen LogP contribution >= 0.6 is 11.6 Å². The summed E-state index contributed by atoms with van der Waals surface area (Å²) in [5.74, 6) is 0. The lowest BCUT2D eigenvalue weighted by atomic mass is 10.2. The molecule has 0 aromatic carbocycles. The maximum absolute atomic E-state index is 6.53. The molecule has 1 aliphatic rings. The van der Waals surface area contributed by atoms with Gasteiger partial charge in [0.2, 0.25) is 0 Å². The topological polar surface area (TPSA) is 24.3 Å². The molecule has 19 heavy (non-hydrogen) atoms. The predicted octanol–water partition coefficient (Wildman–Crippen LogP) is 2.68. The third-order valence-electron chi connectivity index (χ3n) is 3.71. The van der Waals surface area contributed by atoms with E-state index in [9.17, 15) is 0 Å². The molecule has 0 fully saturated rings. The summed E-state index contributed by atoms with van der Waals surface area (Å²) in [5.41, 5.74) is 2.79. The largest absolute Gasteiger partial charge is 0.376 e. The van der Waals surface area contributed by atoms with Crippen LogP contribution < -0.4 is 0 Å². The molecule has 1 aliphatic heterocycles. The highest BCUT2D eigenvalue weighted by atomic mass is 35.5. The van der Waals surface area contributed by atoms with Crippen molar-refractivity contribution in [3.8, 4) is 0 Å². The predicted molar refractivity (Wildman–Crippen MR) is 80.1 cm³/mol. The molecule has 2 rings (SSSR count). The fourth-order valence-electron chi connectivity index (χ4n) is 2.34. The molecular formula is C14H23ClN4. The van der Waals surface area contributed by atoms with Crippen molar-refractivity contribution < 1.29 is 0 Å². The number of nitrogens with zero attached hydrogens (tertiary/aromatic N) is 4. The van der Waals surface area contributed by atoms with E-state index in [0.29, 0.717) is 6.04 Å². The van der Waals surface area contributed by atoms with Gasteiger partial charge in [0.1, 0.15) is 5.69 Å². The van der Waals surface area contributed by atoms with Crippen LogP contribution in [0.15, 0.2) is 6.58 Å². The highest BCUT2D eigenvalue weighted by Gasteiger charge is 2.24. The molecule has 2 heterocycles. The molecule has 0 aliphatic carbocycles. The zero-order chi connectivity index (χ0) is 14.2. The maximum Gasteiger partial charge on any atom is 0.127 e. The maximum atomic E-state index is 6.53. The highest BCUT2D eigenvalue weighted by molar-refractivity contribution is 6.32.